The number of carbonyl (C=O) groups is 1. The highest BCUT2D eigenvalue weighted by Gasteiger charge is 2.16. The molecule has 0 fully saturated rings. The maximum atomic E-state index is 13.6. The van der Waals surface area contributed by atoms with Crippen LogP contribution in [0.25, 0.3) is 10.2 Å². The maximum Gasteiger partial charge on any atom is 0.234 e. The summed E-state index contributed by atoms with van der Waals surface area (Å²) >= 11 is 3.01. The number of thioether (sulfide) groups is 1. The Bertz CT molecular complexity index is 939. The fourth-order valence-corrected chi connectivity index (χ4v) is 4.42. The number of halogens is 1. The van der Waals surface area contributed by atoms with E-state index in [1.807, 2.05) is 13.8 Å². The number of hydrogen-bond donors (Lipinski definition) is 1. The zero-order valence-corrected chi connectivity index (χ0v) is 15.9. The maximum absolute atomic E-state index is 13.6. The Hall–Kier alpha value is -1.99. The summed E-state index contributed by atoms with van der Waals surface area (Å²) < 4.78 is 13.6. The number of nitrogens with one attached hydrogen (secondary N) is 1. The molecule has 1 amide bonds. The molecule has 0 aliphatic heterocycles. The summed E-state index contributed by atoms with van der Waals surface area (Å²) in [5.74, 6) is 0.232. The van der Waals surface area contributed by atoms with Gasteiger partial charge in [-0.1, -0.05) is 30.8 Å². The third kappa shape index (κ3) is 3.82. The van der Waals surface area contributed by atoms with Gasteiger partial charge in [0.25, 0.3) is 0 Å². The topological polar surface area (TPSA) is 54.9 Å². The summed E-state index contributed by atoms with van der Waals surface area (Å²) in [6.45, 7) is 6.12. The second-order valence-corrected chi connectivity index (χ2v) is 7.75. The number of rotatable bonds is 5. The summed E-state index contributed by atoms with van der Waals surface area (Å²) in [6.07, 6.45) is 0.737. The van der Waals surface area contributed by atoms with Crippen LogP contribution in [-0.4, -0.2) is 21.6 Å². The molecule has 0 aliphatic rings. The monoisotopic (exact) mass is 375 g/mol. The molecule has 3 aromatic rings. The molecule has 4 nitrogen and oxygen atoms in total. The van der Waals surface area contributed by atoms with Crippen LogP contribution < -0.4 is 5.32 Å². The smallest absolute Gasteiger partial charge is 0.234 e. The van der Waals surface area contributed by atoms with Crippen molar-refractivity contribution in [3.63, 3.8) is 0 Å². The van der Waals surface area contributed by atoms with Crippen LogP contribution in [0.2, 0.25) is 0 Å². The van der Waals surface area contributed by atoms with Crippen LogP contribution in [0.4, 0.5) is 10.1 Å². The molecular weight excluding hydrogens is 357 g/mol. The summed E-state index contributed by atoms with van der Waals surface area (Å²) in [4.78, 5) is 23.5. The highest BCUT2D eigenvalue weighted by Crippen LogP contribution is 2.35. The minimum Gasteiger partial charge on any atom is -0.323 e. The Morgan fingerprint density at radius 2 is 2.04 bits per heavy atom. The summed E-state index contributed by atoms with van der Waals surface area (Å²) in [6, 6.07) is 6.14. The zero-order valence-electron chi connectivity index (χ0n) is 14.2. The molecule has 7 heteroatoms. The Morgan fingerprint density at radius 3 is 2.76 bits per heavy atom. The van der Waals surface area contributed by atoms with E-state index in [4.69, 9.17) is 0 Å². The lowest BCUT2D eigenvalue weighted by atomic mass is 10.2. The first-order valence-electron chi connectivity index (χ1n) is 7.93. The van der Waals surface area contributed by atoms with Crippen LogP contribution in [0.3, 0.4) is 0 Å². The van der Waals surface area contributed by atoms with Crippen molar-refractivity contribution in [2.24, 2.45) is 0 Å². The molecular formula is C18H18FN3OS2. The van der Waals surface area contributed by atoms with Crippen LogP contribution in [0.15, 0.2) is 29.3 Å². The van der Waals surface area contributed by atoms with Gasteiger partial charge >= 0.3 is 0 Å². The molecule has 0 radical (unpaired) electrons. The van der Waals surface area contributed by atoms with Crippen molar-refractivity contribution in [3.8, 4) is 0 Å². The van der Waals surface area contributed by atoms with Gasteiger partial charge in [0.05, 0.1) is 11.4 Å². The summed E-state index contributed by atoms with van der Waals surface area (Å²) in [7, 11) is 0. The number of carbonyl (C=O) groups excluding carboxylic acids is 1. The van der Waals surface area contributed by atoms with Gasteiger partial charge < -0.3 is 5.32 Å². The van der Waals surface area contributed by atoms with Gasteiger partial charge in [-0.25, -0.2) is 14.4 Å². The van der Waals surface area contributed by atoms with Crippen molar-refractivity contribution >= 4 is 44.9 Å². The average Bonchev–Trinajstić information content (AvgIpc) is 2.89. The fourth-order valence-electron chi connectivity index (χ4n) is 2.40. The van der Waals surface area contributed by atoms with E-state index in [0.29, 0.717) is 0 Å². The first-order valence-corrected chi connectivity index (χ1v) is 9.73. The standard InChI is InChI=1S/C18H18FN3OS2/c1-4-14-21-17(16-10(2)11(3)25-18(16)22-14)24-9-15(23)20-13-8-6-5-7-12(13)19/h5-8H,4,9H2,1-3H3,(H,20,23). The van der Waals surface area contributed by atoms with Gasteiger partial charge in [0.15, 0.2) is 0 Å². The van der Waals surface area contributed by atoms with Crippen LogP contribution in [-0.2, 0) is 11.2 Å². The highest BCUT2D eigenvalue weighted by atomic mass is 32.2. The Kier molecular flexibility index (Phi) is 5.34. The van der Waals surface area contributed by atoms with Gasteiger partial charge in [-0.05, 0) is 31.5 Å². The second kappa shape index (κ2) is 7.49. The molecule has 1 N–H and O–H groups in total. The molecule has 0 aliphatic carbocycles. The summed E-state index contributed by atoms with van der Waals surface area (Å²) in [5.41, 5.74) is 1.34. The van der Waals surface area contributed by atoms with Gasteiger partial charge in [0.2, 0.25) is 5.91 Å². The minimum absolute atomic E-state index is 0.165. The number of thiophene rings is 1. The van der Waals surface area contributed by atoms with Gasteiger partial charge in [-0.2, -0.15) is 0 Å². The molecule has 25 heavy (non-hydrogen) atoms. The van der Waals surface area contributed by atoms with Gasteiger partial charge in [-0.3, -0.25) is 4.79 Å². The third-order valence-corrected chi connectivity index (χ3v) is 5.92. The SMILES string of the molecule is CCc1nc(SCC(=O)Nc2ccccc2F)c2c(C)c(C)sc2n1. The molecule has 0 atom stereocenters. The van der Waals surface area contributed by atoms with E-state index in [-0.39, 0.29) is 17.3 Å². The van der Waals surface area contributed by atoms with Gasteiger partial charge in [0.1, 0.15) is 21.5 Å². The van der Waals surface area contributed by atoms with Gasteiger partial charge in [0, 0.05) is 16.7 Å². The van der Waals surface area contributed by atoms with E-state index in [0.717, 1.165) is 33.1 Å². The largest absolute Gasteiger partial charge is 0.323 e. The summed E-state index contributed by atoms with van der Waals surface area (Å²) in [5, 5.41) is 4.43. The van der Waals surface area contributed by atoms with Crippen molar-refractivity contribution < 1.29 is 9.18 Å². The lowest BCUT2D eigenvalue weighted by molar-refractivity contribution is -0.113. The predicted molar refractivity (Wildman–Crippen MR) is 102 cm³/mol. The molecule has 130 valence electrons. The number of anilines is 1. The second-order valence-electron chi connectivity index (χ2n) is 5.58. The number of nitrogens with zero attached hydrogens (tertiary/aromatic N) is 2. The predicted octanol–water partition coefficient (Wildman–Crippen LogP) is 4.74. The van der Waals surface area contributed by atoms with Crippen molar-refractivity contribution in [2.75, 3.05) is 11.1 Å². The quantitative estimate of drug-likeness (QED) is 0.517. The molecule has 2 heterocycles. The first kappa shape index (κ1) is 17.8. The lowest BCUT2D eigenvalue weighted by Gasteiger charge is -2.08. The van der Waals surface area contributed by atoms with Crippen molar-refractivity contribution in [3.05, 3.63) is 46.3 Å². The van der Waals surface area contributed by atoms with Crippen molar-refractivity contribution in [1.29, 1.82) is 0 Å². The molecule has 0 saturated heterocycles. The van der Waals surface area contributed by atoms with Crippen LogP contribution in [0, 0.1) is 19.7 Å². The molecule has 3 rings (SSSR count). The van der Waals surface area contributed by atoms with Crippen molar-refractivity contribution in [1.82, 2.24) is 9.97 Å². The van der Waals surface area contributed by atoms with Gasteiger partial charge in [-0.15, -0.1) is 11.3 Å². The molecule has 1 aromatic carbocycles. The number of amides is 1. The first-order chi connectivity index (χ1) is 12.0. The molecule has 2 aromatic heterocycles. The highest BCUT2D eigenvalue weighted by molar-refractivity contribution is 8.00. The number of aromatic nitrogens is 2. The van der Waals surface area contributed by atoms with E-state index < -0.39 is 5.82 Å². The van der Waals surface area contributed by atoms with Crippen LogP contribution >= 0.6 is 23.1 Å². The molecule has 0 unspecified atom stereocenters. The number of fused-ring (bicyclic) bond motifs is 1. The fraction of sp³-hybridized carbons (Fsp3) is 0.278. The average molecular weight is 375 g/mol. The van der Waals surface area contributed by atoms with E-state index >= 15 is 0 Å². The Labute approximate surface area is 153 Å². The number of para-hydroxylation sites is 1. The lowest BCUT2D eigenvalue weighted by Crippen LogP contribution is -2.15. The number of aryl methyl sites for hydroxylation is 3. The Balaban J connectivity index is 1.80. The van der Waals surface area contributed by atoms with E-state index in [1.54, 1.807) is 29.5 Å². The molecule has 0 bridgehead atoms. The molecule has 0 spiro atoms. The van der Waals surface area contributed by atoms with Crippen LogP contribution in [0.1, 0.15) is 23.2 Å². The van der Waals surface area contributed by atoms with Crippen molar-refractivity contribution in [2.45, 2.75) is 32.2 Å². The van der Waals surface area contributed by atoms with E-state index in [9.17, 15) is 9.18 Å². The third-order valence-electron chi connectivity index (χ3n) is 3.85. The Morgan fingerprint density at radius 1 is 1.28 bits per heavy atom. The van der Waals surface area contributed by atoms with E-state index in [1.165, 1.54) is 22.7 Å². The zero-order chi connectivity index (χ0) is 18.0. The normalized spacial score (nSPS) is 11.0. The number of benzene rings is 1. The van der Waals surface area contributed by atoms with Crippen LogP contribution in [0.5, 0.6) is 0 Å². The van der Waals surface area contributed by atoms with E-state index in [2.05, 4.69) is 22.2 Å². The minimum atomic E-state index is -0.442. The molecule has 0 saturated carbocycles. The number of hydrogen-bond acceptors (Lipinski definition) is 5.